The lowest BCUT2D eigenvalue weighted by Crippen LogP contribution is -2.30. The summed E-state index contributed by atoms with van der Waals surface area (Å²) < 4.78 is 0. The van der Waals surface area contributed by atoms with Crippen molar-refractivity contribution in [1.29, 1.82) is 0 Å². The number of hydrogen-bond acceptors (Lipinski definition) is 1. The molecule has 1 nitrogen and oxygen atoms in total. The van der Waals surface area contributed by atoms with Crippen molar-refractivity contribution in [2.45, 2.75) is 40.5 Å². The van der Waals surface area contributed by atoms with Crippen LogP contribution in [-0.4, -0.2) is 17.3 Å². The van der Waals surface area contributed by atoms with Gasteiger partial charge >= 0.3 is 0 Å². The van der Waals surface area contributed by atoms with Crippen molar-refractivity contribution in [2.75, 3.05) is 12.2 Å². The molecule has 0 fully saturated rings. The summed E-state index contributed by atoms with van der Waals surface area (Å²) in [5.74, 6) is 0.307. The molecule has 0 bridgehead atoms. The molecule has 2 heteroatoms. The second kappa shape index (κ2) is 3.39. The average molecular weight is 240 g/mol. The van der Waals surface area contributed by atoms with E-state index in [-0.39, 0.29) is 5.41 Å². The Balaban J connectivity index is 2.60. The van der Waals surface area contributed by atoms with Crippen molar-refractivity contribution >= 4 is 10.0 Å². The van der Waals surface area contributed by atoms with Crippen LogP contribution in [0.5, 0.6) is 0 Å². The Bertz CT molecular complexity index is 376. The van der Waals surface area contributed by atoms with Crippen LogP contribution in [-0.2, 0) is 0 Å². The first-order valence-corrected chi connectivity index (χ1v) is 8.31. The molecule has 0 aromatic rings. The van der Waals surface area contributed by atoms with Gasteiger partial charge in [-0.05, 0) is 45.8 Å². The largest absolute Gasteiger partial charge is 0.387 e. The molecule has 1 unspecified atom stereocenters. The summed E-state index contributed by atoms with van der Waals surface area (Å²) in [5, 5.41) is 12.0. The van der Waals surface area contributed by atoms with Gasteiger partial charge in [0, 0.05) is 0 Å². The molecule has 0 saturated heterocycles. The van der Waals surface area contributed by atoms with Gasteiger partial charge in [0.05, 0.1) is 5.94 Å². The maximum absolute atomic E-state index is 9.72. The molecular formula is C14H24OS. The van der Waals surface area contributed by atoms with E-state index in [4.69, 9.17) is 0 Å². The van der Waals surface area contributed by atoms with Crippen molar-refractivity contribution in [2.24, 2.45) is 10.8 Å². The highest BCUT2D eigenvalue weighted by atomic mass is 32.3. The number of aliphatic hydroxyl groups is 1. The maximum Gasteiger partial charge on any atom is 0.0799 e. The van der Waals surface area contributed by atoms with Gasteiger partial charge in [-0.25, -0.2) is 0 Å². The smallest absolute Gasteiger partial charge is 0.0799 e. The monoisotopic (exact) mass is 240 g/mol. The van der Waals surface area contributed by atoms with E-state index < -0.39 is 10.0 Å². The quantitative estimate of drug-likeness (QED) is 0.734. The summed E-state index contributed by atoms with van der Waals surface area (Å²) in [6, 6.07) is 0. The highest BCUT2D eigenvalue weighted by Gasteiger charge is 2.45. The van der Waals surface area contributed by atoms with E-state index in [0.29, 0.717) is 11.4 Å². The zero-order valence-corrected chi connectivity index (χ0v) is 11.9. The Kier molecular flexibility index (Phi) is 2.60. The van der Waals surface area contributed by atoms with Gasteiger partial charge in [0.15, 0.2) is 0 Å². The maximum atomic E-state index is 9.72. The first-order chi connectivity index (χ1) is 7.23. The molecule has 16 heavy (non-hydrogen) atoms. The Labute approximate surface area is 101 Å². The lowest BCUT2D eigenvalue weighted by molar-refractivity contribution is 0.280. The number of allylic oxidation sites excluding steroid dienone is 3. The Hall–Kier alpha value is -0.210. The van der Waals surface area contributed by atoms with Gasteiger partial charge in [-0.15, -0.1) is 0 Å². The van der Waals surface area contributed by atoms with Crippen molar-refractivity contribution in [1.82, 2.24) is 0 Å². The SMILES string of the molecule is CC1(C)CCC(C)(C)C2=C1C=CS2(C)CO. The number of rotatable bonds is 1. The first-order valence-electron chi connectivity index (χ1n) is 6.03. The van der Waals surface area contributed by atoms with Gasteiger partial charge in [-0.1, -0.05) is 33.8 Å². The van der Waals surface area contributed by atoms with Gasteiger partial charge in [0.2, 0.25) is 0 Å². The molecule has 1 heterocycles. The fourth-order valence-electron chi connectivity index (χ4n) is 3.12. The van der Waals surface area contributed by atoms with Crippen molar-refractivity contribution in [3.63, 3.8) is 0 Å². The average Bonchev–Trinajstić information content (AvgIpc) is 2.55. The molecule has 1 atom stereocenters. The van der Waals surface area contributed by atoms with Crippen molar-refractivity contribution in [3.8, 4) is 0 Å². The predicted octanol–water partition coefficient (Wildman–Crippen LogP) is 4.00. The Morgan fingerprint density at radius 3 is 2.31 bits per heavy atom. The van der Waals surface area contributed by atoms with Crippen LogP contribution >= 0.6 is 10.0 Å². The van der Waals surface area contributed by atoms with E-state index in [2.05, 4.69) is 45.4 Å². The summed E-state index contributed by atoms with van der Waals surface area (Å²) in [4.78, 5) is 1.55. The minimum absolute atomic E-state index is 0.265. The molecule has 0 amide bonds. The van der Waals surface area contributed by atoms with E-state index in [9.17, 15) is 5.11 Å². The Morgan fingerprint density at radius 1 is 1.19 bits per heavy atom. The molecule has 2 rings (SSSR count). The second-order valence-corrected chi connectivity index (χ2v) is 9.85. The molecule has 1 aliphatic carbocycles. The molecule has 0 radical (unpaired) electrons. The second-order valence-electron chi connectivity index (χ2n) is 6.60. The third-order valence-corrected chi connectivity index (χ3v) is 7.21. The molecule has 0 aromatic heterocycles. The van der Waals surface area contributed by atoms with Crippen LogP contribution in [0.2, 0.25) is 0 Å². The highest BCUT2D eigenvalue weighted by Crippen LogP contribution is 2.69. The van der Waals surface area contributed by atoms with E-state index in [0.717, 1.165) is 0 Å². The van der Waals surface area contributed by atoms with E-state index in [1.807, 2.05) is 0 Å². The summed E-state index contributed by atoms with van der Waals surface area (Å²) >= 11 is 0. The van der Waals surface area contributed by atoms with Crippen LogP contribution in [0.4, 0.5) is 0 Å². The summed E-state index contributed by atoms with van der Waals surface area (Å²) in [6.45, 7) is 9.35. The molecule has 92 valence electrons. The van der Waals surface area contributed by atoms with Crippen LogP contribution in [0.25, 0.3) is 0 Å². The minimum atomic E-state index is -1.07. The molecule has 0 spiro atoms. The zero-order valence-electron chi connectivity index (χ0n) is 11.1. The van der Waals surface area contributed by atoms with Crippen molar-refractivity contribution < 1.29 is 5.11 Å². The normalized spacial score (nSPS) is 39.4. The zero-order chi connectivity index (χ0) is 12.2. The molecule has 1 N–H and O–H groups in total. The number of aliphatic hydroxyl groups excluding tert-OH is 1. The first kappa shape index (κ1) is 12.3. The van der Waals surface area contributed by atoms with Gasteiger partial charge < -0.3 is 5.11 Å². The predicted molar refractivity (Wildman–Crippen MR) is 73.6 cm³/mol. The van der Waals surface area contributed by atoms with Crippen LogP contribution in [0.15, 0.2) is 22.0 Å². The molecule has 0 aromatic carbocycles. The number of hydrogen-bond donors (Lipinski definition) is 1. The van der Waals surface area contributed by atoms with Crippen molar-refractivity contribution in [3.05, 3.63) is 22.0 Å². The summed E-state index contributed by atoms with van der Waals surface area (Å²) in [7, 11) is -1.07. The van der Waals surface area contributed by atoms with Crippen LogP contribution < -0.4 is 0 Å². The van der Waals surface area contributed by atoms with E-state index >= 15 is 0 Å². The minimum Gasteiger partial charge on any atom is -0.387 e. The molecule has 1 aliphatic heterocycles. The van der Waals surface area contributed by atoms with Crippen LogP contribution in [0.1, 0.15) is 40.5 Å². The van der Waals surface area contributed by atoms with Gasteiger partial charge in [0.25, 0.3) is 0 Å². The topological polar surface area (TPSA) is 20.2 Å². The van der Waals surface area contributed by atoms with Gasteiger partial charge in [-0.2, -0.15) is 10.0 Å². The fraction of sp³-hybridized carbons (Fsp3) is 0.714. The van der Waals surface area contributed by atoms with E-state index in [1.54, 1.807) is 4.91 Å². The van der Waals surface area contributed by atoms with E-state index in [1.165, 1.54) is 18.4 Å². The standard InChI is InChI=1S/C14H24OS/c1-13(2)7-8-14(3,4)12-11(13)6-9-16(12,5)10-15/h6,9,15H,7-8,10H2,1-5H3. The molecule has 2 aliphatic rings. The summed E-state index contributed by atoms with van der Waals surface area (Å²) in [5.41, 5.74) is 2.07. The summed E-state index contributed by atoms with van der Waals surface area (Å²) in [6.07, 6.45) is 7.03. The van der Waals surface area contributed by atoms with Crippen LogP contribution in [0.3, 0.4) is 0 Å². The lowest BCUT2D eigenvalue weighted by atomic mass is 9.67. The van der Waals surface area contributed by atoms with Gasteiger partial charge in [-0.3, -0.25) is 0 Å². The molecular weight excluding hydrogens is 216 g/mol. The fourth-order valence-corrected chi connectivity index (χ4v) is 6.12. The third-order valence-electron chi connectivity index (χ3n) is 4.23. The lowest BCUT2D eigenvalue weighted by Gasteiger charge is -2.47. The highest BCUT2D eigenvalue weighted by molar-refractivity contribution is 8.38. The van der Waals surface area contributed by atoms with Crippen LogP contribution in [0, 0.1) is 10.8 Å². The Morgan fingerprint density at radius 2 is 1.75 bits per heavy atom. The third kappa shape index (κ3) is 1.58. The molecule has 0 saturated carbocycles. The van der Waals surface area contributed by atoms with Gasteiger partial charge in [0.1, 0.15) is 0 Å².